The second-order valence-electron chi connectivity index (χ2n) is 12.0. The van der Waals surface area contributed by atoms with E-state index < -0.39 is 30.7 Å². The fraction of sp³-hybridized carbons (Fsp3) is 0.618. The Bertz CT molecular complexity index is 1200. The van der Waals surface area contributed by atoms with Crippen molar-refractivity contribution in [3.63, 3.8) is 0 Å². The van der Waals surface area contributed by atoms with Gasteiger partial charge < -0.3 is 19.9 Å². The number of aliphatic hydroxyl groups is 1. The van der Waals surface area contributed by atoms with E-state index in [0.29, 0.717) is 31.9 Å². The van der Waals surface area contributed by atoms with E-state index in [-0.39, 0.29) is 41.9 Å². The van der Waals surface area contributed by atoms with Crippen LogP contribution in [0.4, 0.5) is 13.6 Å². The minimum absolute atomic E-state index is 0.0180. The number of benzene rings is 2. The molecule has 2 aliphatic rings. The molecule has 2 saturated heterocycles. The molecular weight excluding hydrogens is 645 g/mol. The molecule has 13 heteroatoms. The molecule has 5 atom stereocenters. The number of carbonyl (C=O) groups is 1. The van der Waals surface area contributed by atoms with Gasteiger partial charge in [0.15, 0.2) is 0 Å². The maximum absolute atomic E-state index is 14.5. The van der Waals surface area contributed by atoms with E-state index in [9.17, 15) is 18.7 Å². The Morgan fingerprint density at radius 2 is 1.83 bits per heavy atom. The predicted molar refractivity (Wildman–Crippen MR) is 185 cm³/mol. The number of likely N-dealkylation sites (tertiary alicyclic amines) is 1. The summed E-state index contributed by atoms with van der Waals surface area (Å²) in [5.41, 5.74) is 0. The number of piperidine rings is 1. The first kappa shape index (κ1) is 38.0. The molecule has 4 unspecified atom stereocenters. The zero-order valence-corrected chi connectivity index (χ0v) is 29.3. The minimum atomic E-state index is -1.27. The number of amides is 1. The summed E-state index contributed by atoms with van der Waals surface area (Å²) in [5, 5.41) is 22.6. The highest BCUT2D eigenvalue weighted by Gasteiger charge is 2.66. The number of alkyl halides is 1. The smallest absolute Gasteiger partial charge is 0.420 e. The number of hydrogen-bond donors (Lipinski definition) is 4. The number of ether oxygens (including phenoxy) is 2. The molecule has 4 N–H and O–H groups in total. The topological polar surface area (TPSA) is 95.1 Å². The lowest BCUT2D eigenvalue weighted by molar-refractivity contribution is -0.916. The zero-order chi connectivity index (χ0) is 33.5. The van der Waals surface area contributed by atoms with Gasteiger partial charge in [-0.25, -0.2) is 19.4 Å². The van der Waals surface area contributed by atoms with Gasteiger partial charge in [-0.2, -0.15) is 9.28 Å². The summed E-state index contributed by atoms with van der Waals surface area (Å²) in [6.07, 6.45) is 0.549. The number of quaternary nitrogens is 1. The van der Waals surface area contributed by atoms with Crippen LogP contribution < -0.4 is 16.0 Å². The number of thioether (sulfide) groups is 2. The lowest BCUT2D eigenvalue weighted by Crippen LogP contribution is -2.90. The zero-order valence-electron chi connectivity index (χ0n) is 27.7. The number of halogens is 2. The van der Waals surface area contributed by atoms with Gasteiger partial charge in [0.25, 0.3) is 0 Å². The third kappa shape index (κ3) is 10.1. The molecule has 0 aromatic heterocycles. The Balaban J connectivity index is 1.75. The number of nitrogens with one attached hydrogen (secondary N) is 3. The Hall–Kier alpha value is -1.81. The van der Waals surface area contributed by atoms with E-state index in [1.54, 1.807) is 30.8 Å². The number of aliphatic hydroxyl groups excluding tert-OH is 1. The second kappa shape index (κ2) is 19.4. The summed E-state index contributed by atoms with van der Waals surface area (Å²) in [6, 6.07) is 15.6. The summed E-state index contributed by atoms with van der Waals surface area (Å²) >= 11 is 3.16. The lowest BCUT2D eigenvalue weighted by Gasteiger charge is -2.58. The first-order valence-corrected chi connectivity index (χ1v) is 18.8. The molecule has 0 radical (unpaired) electrons. The first-order chi connectivity index (χ1) is 22.9. The fourth-order valence-corrected chi connectivity index (χ4v) is 8.57. The van der Waals surface area contributed by atoms with Crippen LogP contribution in [0.2, 0.25) is 0 Å². The molecular formula is C34H52F2N5O4S2+. The largest absolute Gasteiger partial charge is 0.519 e. The number of carbonyl (C=O) groups excluding carboxylic acids is 1. The van der Waals surface area contributed by atoms with E-state index in [1.165, 1.54) is 23.9 Å². The van der Waals surface area contributed by atoms with Crippen molar-refractivity contribution < 1.29 is 32.6 Å². The summed E-state index contributed by atoms with van der Waals surface area (Å²) in [6.45, 7) is 8.29. The average Bonchev–Trinajstić information content (AvgIpc) is 3.10. The SMILES string of the molecule is CCOC(=O)[N@@+]1(CSc2ccc(F)cc2)CCC(O)C(NCCF)C1(NCCCN1CCOCC1)NC(CC)CSc1ccccc1. The van der Waals surface area contributed by atoms with Gasteiger partial charge in [0, 0.05) is 54.2 Å². The van der Waals surface area contributed by atoms with Crippen LogP contribution in [-0.4, -0.2) is 122 Å². The predicted octanol–water partition coefficient (Wildman–Crippen LogP) is 4.67. The van der Waals surface area contributed by atoms with Gasteiger partial charge in [-0.05, 0) is 62.7 Å². The van der Waals surface area contributed by atoms with Gasteiger partial charge >= 0.3 is 6.09 Å². The van der Waals surface area contributed by atoms with Gasteiger partial charge in [0.1, 0.15) is 24.4 Å². The van der Waals surface area contributed by atoms with Gasteiger partial charge in [-0.1, -0.05) is 36.9 Å². The summed E-state index contributed by atoms with van der Waals surface area (Å²) in [5.74, 6) is -0.650. The molecule has 0 saturated carbocycles. The standard InChI is InChI=1S/C34H52F2N5O4S2/c1-3-28(25-46-29-9-6-5-7-10-29)39-34(38-17-8-19-40-20-23-44-24-21-40)32(37-18-16-35)31(42)15-22-41(34,33(43)45-4-2)26-47-30-13-11-27(36)12-14-30/h5-7,9-14,28,31-32,37-39,42H,3-4,8,15-26H2,1-2H3/q+1/t28?,31?,32?,34?,41-/m0/s1. The van der Waals surface area contributed by atoms with E-state index in [4.69, 9.17) is 9.47 Å². The fourth-order valence-electron chi connectivity index (χ4n) is 6.37. The van der Waals surface area contributed by atoms with Crippen LogP contribution in [0.25, 0.3) is 0 Å². The van der Waals surface area contributed by atoms with Gasteiger partial charge in [-0.15, -0.1) is 11.8 Å². The third-order valence-corrected chi connectivity index (χ3v) is 11.3. The van der Waals surface area contributed by atoms with Crippen LogP contribution in [0.15, 0.2) is 64.4 Å². The molecule has 2 fully saturated rings. The van der Waals surface area contributed by atoms with E-state index in [0.717, 1.165) is 42.3 Å². The Kier molecular flexibility index (Phi) is 15.7. The quantitative estimate of drug-likeness (QED) is 0.0763. The normalized spacial score (nSPS) is 25.8. The number of nitrogens with zero attached hydrogens (tertiary/aromatic N) is 2. The van der Waals surface area contributed by atoms with Crippen molar-refractivity contribution in [3.8, 4) is 0 Å². The van der Waals surface area contributed by atoms with Crippen molar-refractivity contribution in [2.75, 3.05) is 77.4 Å². The van der Waals surface area contributed by atoms with Crippen LogP contribution in [0, 0.1) is 5.82 Å². The number of morpholine rings is 1. The number of hydrogen-bond acceptors (Lipinski definition) is 10. The van der Waals surface area contributed by atoms with Crippen LogP contribution in [0.1, 0.15) is 33.1 Å². The van der Waals surface area contributed by atoms with Crippen LogP contribution >= 0.6 is 23.5 Å². The second-order valence-corrected chi connectivity index (χ2v) is 14.1. The Morgan fingerprint density at radius 1 is 1.11 bits per heavy atom. The Labute approximate surface area is 287 Å². The molecule has 1 amide bonds. The number of rotatable bonds is 18. The molecule has 0 spiro atoms. The maximum atomic E-state index is 14.5. The first-order valence-electron chi connectivity index (χ1n) is 16.8. The van der Waals surface area contributed by atoms with E-state index >= 15 is 0 Å². The molecule has 47 heavy (non-hydrogen) atoms. The molecule has 4 rings (SSSR count). The third-order valence-electron chi connectivity index (χ3n) is 8.92. The average molecular weight is 697 g/mol. The minimum Gasteiger partial charge on any atom is -0.420 e. The van der Waals surface area contributed by atoms with Crippen molar-refractivity contribution in [2.45, 2.75) is 66.9 Å². The molecule has 9 nitrogen and oxygen atoms in total. The van der Waals surface area contributed by atoms with Gasteiger partial charge in [-0.3, -0.25) is 4.90 Å². The van der Waals surface area contributed by atoms with E-state index in [1.807, 2.05) is 18.2 Å². The summed E-state index contributed by atoms with van der Waals surface area (Å²) in [4.78, 5) is 18.8. The van der Waals surface area contributed by atoms with E-state index in [2.05, 4.69) is 39.9 Å². The molecule has 2 heterocycles. The van der Waals surface area contributed by atoms with Crippen molar-refractivity contribution >= 4 is 29.6 Å². The lowest BCUT2D eigenvalue weighted by atomic mass is 9.89. The Morgan fingerprint density at radius 3 is 2.51 bits per heavy atom. The molecule has 2 aromatic rings. The summed E-state index contributed by atoms with van der Waals surface area (Å²) in [7, 11) is 0. The monoisotopic (exact) mass is 696 g/mol. The molecule has 2 aliphatic heterocycles. The van der Waals surface area contributed by atoms with Crippen LogP contribution in [-0.2, 0) is 9.47 Å². The highest BCUT2D eigenvalue weighted by molar-refractivity contribution is 7.99. The molecule has 0 bridgehead atoms. The van der Waals surface area contributed by atoms with Crippen molar-refractivity contribution in [3.05, 3.63) is 60.4 Å². The molecule has 2 aromatic carbocycles. The molecule has 0 aliphatic carbocycles. The van der Waals surface area contributed by atoms with Gasteiger partial charge in [0.05, 0.1) is 32.5 Å². The van der Waals surface area contributed by atoms with Gasteiger partial charge in [0.2, 0.25) is 5.79 Å². The molecule has 262 valence electrons. The van der Waals surface area contributed by atoms with Crippen LogP contribution in [0.5, 0.6) is 0 Å². The highest BCUT2D eigenvalue weighted by atomic mass is 32.2. The van der Waals surface area contributed by atoms with Crippen molar-refractivity contribution in [1.29, 1.82) is 0 Å². The van der Waals surface area contributed by atoms with Crippen molar-refractivity contribution in [2.24, 2.45) is 0 Å². The van der Waals surface area contributed by atoms with Crippen molar-refractivity contribution in [1.82, 2.24) is 20.9 Å². The van der Waals surface area contributed by atoms with Crippen LogP contribution in [0.3, 0.4) is 0 Å². The maximum Gasteiger partial charge on any atom is 0.519 e. The highest BCUT2D eigenvalue weighted by Crippen LogP contribution is 2.39. The summed E-state index contributed by atoms with van der Waals surface area (Å²) < 4.78 is 38.8.